The van der Waals surface area contributed by atoms with Gasteiger partial charge in [-0.05, 0) is 37.6 Å². The second-order valence-corrected chi connectivity index (χ2v) is 6.28. The van der Waals surface area contributed by atoms with Gasteiger partial charge < -0.3 is 30.0 Å². The summed E-state index contributed by atoms with van der Waals surface area (Å²) >= 11 is 0. The van der Waals surface area contributed by atoms with Crippen molar-refractivity contribution in [2.75, 3.05) is 33.9 Å². The zero-order chi connectivity index (χ0) is 21.1. The van der Waals surface area contributed by atoms with E-state index in [9.17, 15) is 5.11 Å². The van der Waals surface area contributed by atoms with Gasteiger partial charge in [-0.2, -0.15) is 0 Å². The van der Waals surface area contributed by atoms with Gasteiger partial charge in [-0.3, -0.25) is 0 Å². The van der Waals surface area contributed by atoms with E-state index >= 15 is 0 Å². The van der Waals surface area contributed by atoms with Gasteiger partial charge in [-0.15, -0.1) is 24.0 Å². The first-order valence-electron chi connectivity index (χ1n) is 9.75. The minimum atomic E-state index is -0.751. The molecule has 166 valence electrons. The largest absolute Gasteiger partial charge is 0.497 e. The SMILES string of the molecule is CCNC(=NCc1ccccc1OCC)NCC(O)c1cc(OC)cc(OC)c1.I. The second-order valence-electron chi connectivity index (χ2n) is 6.28. The average Bonchev–Trinajstić information content (AvgIpc) is 2.76. The maximum absolute atomic E-state index is 10.6. The van der Waals surface area contributed by atoms with Crippen molar-refractivity contribution in [2.24, 2.45) is 4.99 Å². The Bertz CT molecular complexity index is 779. The first kappa shape index (κ1) is 25.8. The quantitative estimate of drug-likeness (QED) is 0.248. The number of hydrogen-bond acceptors (Lipinski definition) is 5. The fraction of sp³-hybridized carbons (Fsp3) is 0.409. The summed E-state index contributed by atoms with van der Waals surface area (Å²) in [5.41, 5.74) is 1.70. The second kappa shape index (κ2) is 13.9. The molecule has 0 spiro atoms. The molecule has 2 aromatic rings. The van der Waals surface area contributed by atoms with Gasteiger partial charge in [0.2, 0.25) is 0 Å². The number of halogens is 1. The van der Waals surface area contributed by atoms with Crippen LogP contribution in [0.25, 0.3) is 0 Å². The molecule has 0 saturated heterocycles. The molecule has 0 saturated carbocycles. The van der Waals surface area contributed by atoms with Crippen molar-refractivity contribution in [3.63, 3.8) is 0 Å². The lowest BCUT2D eigenvalue weighted by Gasteiger charge is -2.17. The third-order valence-corrected chi connectivity index (χ3v) is 4.25. The van der Waals surface area contributed by atoms with Crippen LogP contribution in [0.15, 0.2) is 47.5 Å². The highest BCUT2D eigenvalue weighted by Gasteiger charge is 2.12. The molecule has 0 bridgehead atoms. The molecule has 1 unspecified atom stereocenters. The van der Waals surface area contributed by atoms with Crippen LogP contribution in [0.5, 0.6) is 17.2 Å². The molecule has 0 amide bonds. The number of guanidine groups is 1. The maximum Gasteiger partial charge on any atom is 0.191 e. The molecule has 0 aliphatic heterocycles. The fourth-order valence-corrected chi connectivity index (χ4v) is 2.77. The highest BCUT2D eigenvalue weighted by molar-refractivity contribution is 14.0. The van der Waals surface area contributed by atoms with Crippen molar-refractivity contribution in [3.8, 4) is 17.2 Å². The Labute approximate surface area is 195 Å². The van der Waals surface area contributed by atoms with Crippen LogP contribution in [0.4, 0.5) is 0 Å². The number of nitrogens with zero attached hydrogens (tertiary/aromatic N) is 1. The molecular formula is C22H32IN3O4. The predicted molar refractivity (Wildman–Crippen MR) is 130 cm³/mol. The van der Waals surface area contributed by atoms with Crippen molar-refractivity contribution in [2.45, 2.75) is 26.5 Å². The summed E-state index contributed by atoms with van der Waals surface area (Å²) < 4.78 is 16.2. The highest BCUT2D eigenvalue weighted by Crippen LogP contribution is 2.26. The maximum atomic E-state index is 10.6. The topological polar surface area (TPSA) is 84.3 Å². The monoisotopic (exact) mass is 529 g/mol. The summed E-state index contributed by atoms with van der Waals surface area (Å²) in [6, 6.07) is 13.2. The first-order chi connectivity index (χ1) is 14.1. The average molecular weight is 529 g/mol. The molecule has 2 rings (SSSR count). The van der Waals surface area contributed by atoms with Crippen LogP contribution in [0.2, 0.25) is 0 Å². The van der Waals surface area contributed by atoms with Gasteiger partial charge in [0.1, 0.15) is 17.2 Å². The Balaban J connectivity index is 0.00000450. The van der Waals surface area contributed by atoms with E-state index in [1.165, 1.54) is 0 Å². The summed E-state index contributed by atoms with van der Waals surface area (Å²) in [5.74, 6) is 2.71. The van der Waals surface area contributed by atoms with Crippen molar-refractivity contribution in [1.29, 1.82) is 0 Å². The Kier molecular flexibility index (Phi) is 12.0. The number of methoxy groups -OCH3 is 2. The summed E-state index contributed by atoms with van der Waals surface area (Å²) in [6.07, 6.45) is -0.751. The van der Waals surface area contributed by atoms with Crippen molar-refractivity contribution >= 4 is 29.9 Å². The molecule has 0 radical (unpaired) electrons. The van der Waals surface area contributed by atoms with Gasteiger partial charge in [0, 0.05) is 24.7 Å². The number of aliphatic imine (C=N–C) groups is 1. The zero-order valence-electron chi connectivity index (χ0n) is 18.0. The van der Waals surface area contributed by atoms with E-state index in [-0.39, 0.29) is 30.5 Å². The normalized spacial score (nSPS) is 11.8. The number of para-hydroxylation sites is 1. The van der Waals surface area contributed by atoms with E-state index in [0.29, 0.717) is 42.7 Å². The molecular weight excluding hydrogens is 497 g/mol. The molecule has 0 aliphatic rings. The van der Waals surface area contributed by atoms with E-state index in [1.54, 1.807) is 32.4 Å². The lowest BCUT2D eigenvalue weighted by Crippen LogP contribution is -2.39. The van der Waals surface area contributed by atoms with Gasteiger partial charge in [0.25, 0.3) is 0 Å². The number of ether oxygens (including phenoxy) is 3. The smallest absolute Gasteiger partial charge is 0.191 e. The van der Waals surface area contributed by atoms with Gasteiger partial charge in [-0.25, -0.2) is 4.99 Å². The van der Waals surface area contributed by atoms with E-state index in [0.717, 1.165) is 11.3 Å². The van der Waals surface area contributed by atoms with Crippen molar-refractivity contribution in [3.05, 3.63) is 53.6 Å². The molecule has 0 heterocycles. The number of aliphatic hydroxyl groups is 1. The van der Waals surface area contributed by atoms with Crippen molar-refractivity contribution < 1.29 is 19.3 Å². The van der Waals surface area contributed by atoms with Crippen LogP contribution in [0.3, 0.4) is 0 Å². The molecule has 0 aliphatic carbocycles. The number of hydrogen-bond donors (Lipinski definition) is 3. The van der Waals surface area contributed by atoms with E-state index in [4.69, 9.17) is 14.2 Å². The van der Waals surface area contributed by atoms with Crippen LogP contribution < -0.4 is 24.8 Å². The van der Waals surface area contributed by atoms with Crippen LogP contribution in [0.1, 0.15) is 31.1 Å². The van der Waals surface area contributed by atoms with Crippen LogP contribution in [-0.2, 0) is 6.54 Å². The van der Waals surface area contributed by atoms with E-state index < -0.39 is 6.10 Å². The Morgan fingerprint density at radius 1 is 1.03 bits per heavy atom. The number of benzene rings is 2. The molecule has 7 nitrogen and oxygen atoms in total. The third kappa shape index (κ3) is 7.91. The molecule has 8 heteroatoms. The Hall–Kier alpha value is -2.20. The third-order valence-electron chi connectivity index (χ3n) is 4.25. The summed E-state index contributed by atoms with van der Waals surface area (Å²) in [5, 5.41) is 17.0. The fourth-order valence-electron chi connectivity index (χ4n) is 2.77. The highest BCUT2D eigenvalue weighted by atomic mass is 127. The Morgan fingerprint density at radius 3 is 2.30 bits per heavy atom. The van der Waals surface area contributed by atoms with Crippen LogP contribution in [0, 0.1) is 0 Å². The van der Waals surface area contributed by atoms with Gasteiger partial charge >= 0.3 is 0 Å². The molecule has 0 fully saturated rings. The number of nitrogens with one attached hydrogen (secondary N) is 2. The molecule has 1 atom stereocenters. The van der Waals surface area contributed by atoms with Crippen LogP contribution >= 0.6 is 24.0 Å². The lowest BCUT2D eigenvalue weighted by molar-refractivity contribution is 0.180. The zero-order valence-corrected chi connectivity index (χ0v) is 20.3. The first-order valence-corrected chi connectivity index (χ1v) is 9.75. The minimum absolute atomic E-state index is 0. The van der Waals surface area contributed by atoms with Gasteiger partial charge in [-0.1, -0.05) is 18.2 Å². The van der Waals surface area contributed by atoms with E-state index in [2.05, 4.69) is 15.6 Å². The summed E-state index contributed by atoms with van der Waals surface area (Å²) in [7, 11) is 3.17. The number of aliphatic hydroxyl groups excluding tert-OH is 1. The molecule has 3 N–H and O–H groups in total. The summed E-state index contributed by atoms with van der Waals surface area (Å²) in [6.45, 7) is 6.02. The van der Waals surface area contributed by atoms with Crippen molar-refractivity contribution in [1.82, 2.24) is 10.6 Å². The van der Waals surface area contributed by atoms with Gasteiger partial charge in [0.15, 0.2) is 5.96 Å². The Morgan fingerprint density at radius 2 is 1.70 bits per heavy atom. The lowest BCUT2D eigenvalue weighted by atomic mass is 10.1. The molecule has 2 aromatic carbocycles. The molecule has 0 aromatic heterocycles. The predicted octanol–water partition coefficient (Wildman–Crippen LogP) is 3.51. The van der Waals surface area contributed by atoms with E-state index in [1.807, 2.05) is 38.1 Å². The van der Waals surface area contributed by atoms with Gasteiger partial charge in [0.05, 0.1) is 33.5 Å². The standard InChI is InChI=1S/C22H31N3O4.HI/c1-5-23-22(24-14-16-9-7-8-10-21(16)29-6-2)25-15-20(26)17-11-18(27-3)13-19(12-17)28-4;/h7-13,20,26H,5-6,14-15H2,1-4H3,(H2,23,24,25);1H. The number of rotatable bonds is 10. The minimum Gasteiger partial charge on any atom is -0.497 e. The summed E-state index contributed by atoms with van der Waals surface area (Å²) in [4.78, 5) is 4.61. The van der Waals surface area contributed by atoms with Crippen LogP contribution in [-0.4, -0.2) is 45.0 Å². The molecule has 30 heavy (non-hydrogen) atoms.